The Balaban J connectivity index is -0.0000000803. The molecule has 0 aliphatic heterocycles. The first kappa shape index (κ1) is 27.1. The average molecular weight is 290 g/mol. The maximum absolute atomic E-state index is 8.11. The van der Waals surface area contributed by atoms with Crippen molar-refractivity contribution in [2.75, 3.05) is 52.9 Å². The largest absolute Gasteiger partial charge is 0.394 e. The van der Waals surface area contributed by atoms with Crippen molar-refractivity contribution in [1.29, 1.82) is 0 Å². The van der Waals surface area contributed by atoms with Gasteiger partial charge in [-0.2, -0.15) is 0 Å². The van der Waals surface area contributed by atoms with Crippen LogP contribution < -0.4 is 0 Å². The summed E-state index contributed by atoms with van der Waals surface area (Å²) in [5.41, 5.74) is 0. The first-order chi connectivity index (χ1) is 9.01. The maximum atomic E-state index is 8.11. The lowest BCUT2D eigenvalue weighted by Crippen LogP contribution is -2.03. The minimum atomic E-state index is -0.560. The predicted molar refractivity (Wildman–Crippen MR) is 70.7 cm³/mol. The SMILES string of the molecule is CC(O)CO.CCOCCO.OCCO.OCCO. The Morgan fingerprint density at radius 3 is 1.16 bits per heavy atom. The van der Waals surface area contributed by atoms with Crippen molar-refractivity contribution in [3.05, 3.63) is 0 Å². The van der Waals surface area contributed by atoms with Gasteiger partial charge in [0.05, 0.1) is 52.4 Å². The van der Waals surface area contributed by atoms with Crippen LogP contribution in [0, 0.1) is 0 Å². The van der Waals surface area contributed by atoms with Gasteiger partial charge in [0.25, 0.3) is 0 Å². The molecule has 0 radical (unpaired) electrons. The molecule has 0 spiro atoms. The summed E-state index contributed by atoms with van der Waals surface area (Å²) in [6.45, 7) is 4.08. The van der Waals surface area contributed by atoms with Gasteiger partial charge in [-0.1, -0.05) is 0 Å². The third kappa shape index (κ3) is 97.4. The van der Waals surface area contributed by atoms with E-state index < -0.39 is 6.10 Å². The molecule has 1 unspecified atom stereocenters. The zero-order chi connectivity index (χ0) is 15.9. The van der Waals surface area contributed by atoms with Crippen molar-refractivity contribution in [1.82, 2.24) is 0 Å². The average Bonchev–Trinajstić information content (AvgIpc) is 2.46. The molecule has 122 valence electrons. The van der Waals surface area contributed by atoms with Gasteiger partial charge in [-0.3, -0.25) is 0 Å². The predicted octanol–water partition coefficient (Wildman–Crippen LogP) is -2.68. The lowest BCUT2D eigenvalue weighted by Gasteiger charge is -1.91. The summed E-state index contributed by atoms with van der Waals surface area (Å²) in [5, 5.41) is 54.6. The van der Waals surface area contributed by atoms with Crippen LogP contribution in [0.1, 0.15) is 13.8 Å². The number of aliphatic hydroxyl groups excluding tert-OH is 7. The molecular weight excluding hydrogens is 260 g/mol. The molecule has 0 aliphatic rings. The Bertz CT molecular complexity index is 90.7. The third-order valence-corrected chi connectivity index (χ3v) is 0.904. The van der Waals surface area contributed by atoms with Crippen LogP contribution in [0.5, 0.6) is 0 Å². The fourth-order valence-electron chi connectivity index (χ4n) is 0.209. The number of aliphatic hydroxyl groups is 7. The molecule has 0 fully saturated rings. The van der Waals surface area contributed by atoms with Crippen LogP contribution >= 0.6 is 0 Å². The molecule has 8 heteroatoms. The monoisotopic (exact) mass is 290 g/mol. The van der Waals surface area contributed by atoms with Crippen LogP contribution in [0.4, 0.5) is 0 Å². The van der Waals surface area contributed by atoms with E-state index in [4.69, 9.17) is 40.5 Å². The lowest BCUT2D eigenvalue weighted by molar-refractivity contribution is 0.102. The second-order valence-electron chi connectivity index (χ2n) is 2.85. The highest BCUT2D eigenvalue weighted by molar-refractivity contribution is 4.34. The van der Waals surface area contributed by atoms with Gasteiger partial charge in [0.15, 0.2) is 0 Å². The Labute approximate surface area is 114 Å². The van der Waals surface area contributed by atoms with Crippen molar-refractivity contribution in [3.63, 3.8) is 0 Å². The molecule has 0 heterocycles. The fraction of sp³-hybridized carbons (Fsp3) is 1.00. The Kier molecular flexibility index (Phi) is 51.4. The van der Waals surface area contributed by atoms with Gasteiger partial charge in [-0.05, 0) is 13.8 Å². The zero-order valence-electron chi connectivity index (χ0n) is 11.8. The summed E-state index contributed by atoms with van der Waals surface area (Å²) in [5.74, 6) is 0. The molecule has 19 heavy (non-hydrogen) atoms. The highest BCUT2D eigenvalue weighted by Gasteiger charge is 1.83. The number of hydrogen-bond acceptors (Lipinski definition) is 8. The maximum Gasteiger partial charge on any atom is 0.0742 e. The zero-order valence-corrected chi connectivity index (χ0v) is 11.8. The molecule has 0 rings (SSSR count). The molecule has 0 saturated carbocycles. The third-order valence-electron chi connectivity index (χ3n) is 0.904. The first-order valence-corrected chi connectivity index (χ1v) is 5.93. The van der Waals surface area contributed by atoms with Crippen molar-refractivity contribution < 1.29 is 40.5 Å². The van der Waals surface area contributed by atoms with Crippen LogP contribution in [0.3, 0.4) is 0 Å². The van der Waals surface area contributed by atoms with Crippen molar-refractivity contribution in [2.24, 2.45) is 0 Å². The van der Waals surface area contributed by atoms with Gasteiger partial charge in [0, 0.05) is 6.61 Å². The topological polar surface area (TPSA) is 151 Å². The van der Waals surface area contributed by atoms with E-state index >= 15 is 0 Å². The van der Waals surface area contributed by atoms with E-state index in [1.54, 1.807) is 0 Å². The summed E-state index contributed by atoms with van der Waals surface area (Å²) in [6.07, 6.45) is -0.560. The van der Waals surface area contributed by atoms with Crippen molar-refractivity contribution >= 4 is 0 Å². The molecule has 0 saturated heterocycles. The Morgan fingerprint density at radius 2 is 1.11 bits per heavy atom. The van der Waals surface area contributed by atoms with E-state index in [9.17, 15) is 0 Å². The molecule has 1 atom stereocenters. The molecule has 0 aromatic carbocycles. The minimum Gasteiger partial charge on any atom is -0.394 e. The summed E-state index contributed by atoms with van der Waals surface area (Å²) in [7, 11) is 0. The van der Waals surface area contributed by atoms with Crippen LogP contribution in [-0.2, 0) is 4.74 Å². The summed E-state index contributed by atoms with van der Waals surface area (Å²) in [6, 6.07) is 0. The quantitative estimate of drug-likeness (QED) is 0.261. The first-order valence-electron chi connectivity index (χ1n) is 5.93. The fourth-order valence-corrected chi connectivity index (χ4v) is 0.209. The van der Waals surface area contributed by atoms with Crippen LogP contribution in [0.15, 0.2) is 0 Å². The molecule has 0 aromatic rings. The second kappa shape index (κ2) is 36.1. The number of hydrogen-bond donors (Lipinski definition) is 7. The van der Waals surface area contributed by atoms with E-state index in [0.29, 0.717) is 13.2 Å². The molecular formula is C11H30O8. The number of rotatable bonds is 6. The number of ether oxygens (including phenoxy) is 1. The van der Waals surface area contributed by atoms with E-state index in [0.717, 1.165) is 0 Å². The normalized spacial score (nSPS) is 9.95. The van der Waals surface area contributed by atoms with Gasteiger partial charge in [-0.15, -0.1) is 0 Å². The van der Waals surface area contributed by atoms with Crippen molar-refractivity contribution in [3.8, 4) is 0 Å². The molecule has 0 aliphatic carbocycles. The standard InChI is InChI=1S/C4H10O2.C3H8O2.2C2H6O2/c1-2-6-4-3-5;1-3(5)2-4;2*3-1-2-4/h5H,2-4H2,1H3;3-5H,2H2,1H3;2*3-4H,1-2H2. The highest BCUT2D eigenvalue weighted by Crippen LogP contribution is 1.68. The molecule has 0 aromatic heterocycles. The molecule has 7 N–H and O–H groups in total. The van der Waals surface area contributed by atoms with Crippen LogP contribution in [0.25, 0.3) is 0 Å². The van der Waals surface area contributed by atoms with E-state index in [1.165, 1.54) is 6.92 Å². The van der Waals surface area contributed by atoms with E-state index in [2.05, 4.69) is 0 Å². The molecule has 8 nitrogen and oxygen atoms in total. The highest BCUT2D eigenvalue weighted by atomic mass is 16.5. The van der Waals surface area contributed by atoms with E-state index in [-0.39, 0.29) is 39.6 Å². The van der Waals surface area contributed by atoms with Crippen LogP contribution in [-0.4, -0.2) is 94.7 Å². The smallest absolute Gasteiger partial charge is 0.0742 e. The van der Waals surface area contributed by atoms with Gasteiger partial charge in [0.2, 0.25) is 0 Å². The Hall–Kier alpha value is -0.320. The van der Waals surface area contributed by atoms with Gasteiger partial charge in [0.1, 0.15) is 0 Å². The van der Waals surface area contributed by atoms with Crippen LogP contribution in [0.2, 0.25) is 0 Å². The summed E-state index contributed by atoms with van der Waals surface area (Å²) in [4.78, 5) is 0. The van der Waals surface area contributed by atoms with Crippen molar-refractivity contribution in [2.45, 2.75) is 20.0 Å². The molecule has 0 bridgehead atoms. The van der Waals surface area contributed by atoms with Gasteiger partial charge in [-0.25, -0.2) is 0 Å². The lowest BCUT2D eigenvalue weighted by atomic mass is 10.5. The summed E-state index contributed by atoms with van der Waals surface area (Å²) >= 11 is 0. The van der Waals surface area contributed by atoms with Gasteiger partial charge >= 0.3 is 0 Å². The minimum absolute atomic E-state index is 0.125. The second-order valence-corrected chi connectivity index (χ2v) is 2.85. The Morgan fingerprint density at radius 1 is 0.789 bits per heavy atom. The summed E-state index contributed by atoms with van der Waals surface area (Å²) < 4.78 is 4.73. The molecule has 0 amide bonds. The van der Waals surface area contributed by atoms with E-state index in [1.807, 2.05) is 6.92 Å². The van der Waals surface area contributed by atoms with Gasteiger partial charge < -0.3 is 40.5 Å².